The van der Waals surface area contributed by atoms with Crippen molar-refractivity contribution in [3.8, 4) is 5.75 Å². The lowest BCUT2D eigenvalue weighted by Crippen LogP contribution is -2.43. The molecule has 0 saturated carbocycles. The summed E-state index contributed by atoms with van der Waals surface area (Å²) < 4.78 is 34.0. The summed E-state index contributed by atoms with van der Waals surface area (Å²) in [6.07, 6.45) is 7.86. The largest absolute Gasteiger partial charge is 0.494 e. The number of aryl methyl sites for hydroxylation is 1. The van der Waals surface area contributed by atoms with Gasteiger partial charge in [0, 0.05) is 37.5 Å². The zero-order valence-electron chi connectivity index (χ0n) is 25.6. The highest BCUT2D eigenvalue weighted by Gasteiger charge is 2.49. The molecule has 0 amide bonds. The summed E-state index contributed by atoms with van der Waals surface area (Å²) in [5.41, 5.74) is 1.78. The fraction of sp³-hybridized carbons (Fsp3) is 0.594. The lowest BCUT2D eigenvalue weighted by molar-refractivity contribution is 0.0127. The van der Waals surface area contributed by atoms with Crippen LogP contribution < -0.4 is 9.64 Å². The smallest absolute Gasteiger partial charge is 0.179 e. The molecule has 1 aromatic heterocycles. The van der Waals surface area contributed by atoms with Gasteiger partial charge in [-0.3, -0.25) is 0 Å². The molecule has 0 bridgehead atoms. The number of aliphatic hydroxyl groups is 1. The van der Waals surface area contributed by atoms with E-state index in [9.17, 15) is 13.5 Å². The van der Waals surface area contributed by atoms with Crippen molar-refractivity contribution in [2.45, 2.75) is 95.0 Å². The minimum absolute atomic E-state index is 0.0279. The van der Waals surface area contributed by atoms with Crippen molar-refractivity contribution in [1.82, 2.24) is 20.6 Å². The van der Waals surface area contributed by atoms with E-state index in [0.717, 1.165) is 74.2 Å². The van der Waals surface area contributed by atoms with E-state index in [1.807, 2.05) is 55.4 Å². The molecule has 230 valence electrons. The lowest BCUT2D eigenvalue weighted by Gasteiger charge is -2.40. The molecule has 1 aliphatic heterocycles. The Morgan fingerprint density at radius 2 is 1.71 bits per heavy atom. The summed E-state index contributed by atoms with van der Waals surface area (Å²) in [5.74, 6) is 0.996. The van der Waals surface area contributed by atoms with Crippen molar-refractivity contribution in [2.75, 3.05) is 31.4 Å². The van der Waals surface area contributed by atoms with Crippen LogP contribution in [0.4, 0.5) is 5.69 Å². The summed E-state index contributed by atoms with van der Waals surface area (Å²) in [5, 5.41) is 26.3. The molecular weight excluding hydrogens is 550 g/mol. The van der Waals surface area contributed by atoms with Crippen molar-refractivity contribution in [3.63, 3.8) is 0 Å². The molecule has 2 aromatic carbocycles. The third-order valence-corrected chi connectivity index (χ3v) is 10.6. The average Bonchev–Trinajstić information content (AvgIpc) is 3.48. The van der Waals surface area contributed by atoms with E-state index in [4.69, 9.17) is 4.74 Å². The minimum atomic E-state index is -3.62. The Bertz CT molecular complexity index is 1350. The van der Waals surface area contributed by atoms with Gasteiger partial charge < -0.3 is 14.7 Å². The van der Waals surface area contributed by atoms with Gasteiger partial charge in [-0.1, -0.05) is 56.9 Å². The second kappa shape index (κ2) is 14.5. The molecule has 4 rings (SSSR count). The summed E-state index contributed by atoms with van der Waals surface area (Å²) in [6.45, 7) is 4.84. The number of aromatic nitrogens is 4. The number of ether oxygens (including phenoxy) is 1. The number of tetrazole rings is 1. The Kier molecular flexibility index (Phi) is 11.0. The van der Waals surface area contributed by atoms with Gasteiger partial charge >= 0.3 is 0 Å². The number of sulfone groups is 1. The first-order valence-corrected chi connectivity index (χ1v) is 17.0. The number of nitrogens with one attached hydrogen (secondary N) is 1. The van der Waals surface area contributed by atoms with Crippen LogP contribution in [0, 0.1) is 5.41 Å². The van der Waals surface area contributed by atoms with Crippen molar-refractivity contribution in [1.29, 1.82) is 0 Å². The molecule has 0 spiro atoms. The predicted molar refractivity (Wildman–Crippen MR) is 166 cm³/mol. The fourth-order valence-corrected chi connectivity index (χ4v) is 8.39. The number of fused-ring (bicyclic) bond motifs is 1. The molecule has 0 fully saturated rings. The van der Waals surface area contributed by atoms with Gasteiger partial charge in [-0.25, -0.2) is 8.42 Å². The average molecular weight is 598 g/mol. The van der Waals surface area contributed by atoms with Gasteiger partial charge in [-0.05, 0) is 73.6 Å². The molecule has 0 radical (unpaired) electrons. The molecule has 10 heteroatoms. The molecule has 0 saturated heterocycles. The molecule has 1 aliphatic rings. The quantitative estimate of drug-likeness (QED) is 0.214. The number of unbranched alkanes of at least 4 members (excludes halogenated alkanes) is 4. The molecule has 3 aromatic rings. The van der Waals surface area contributed by atoms with Crippen LogP contribution in [0.3, 0.4) is 0 Å². The molecule has 42 heavy (non-hydrogen) atoms. The first-order valence-electron chi connectivity index (χ1n) is 15.4. The maximum absolute atomic E-state index is 14.0. The SMILES string of the molecule is CCCCC1(CCCC)CS(=O)(=O)c2ccc(N(C)C)cc2[C@@H](c2ccc(OCCCCCc3nn[nH]n3)cc2)C1O. The highest BCUT2D eigenvalue weighted by atomic mass is 32.2. The first-order chi connectivity index (χ1) is 20.2. The van der Waals surface area contributed by atoms with Crippen molar-refractivity contribution in [2.24, 2.45) is 5.41 Å². The Morgan fingerprint density at radius 3 is 2.33 bits per heavy atom. The normalized spacial score (nSPS) is 19.2. The zero-order valence-corrected chi connectivity index (χ0v) is 26.4. The number of H-pyrrole nitrogens is 1. The van der Waals surface area contributed by atoms with Crippen LogP contribution in [-0.2, 0) is 16.3 Å². The van der Waals surface area contributed by atoms with Crippen LogP contribution >= 0.6 is 0 Å². The first kappa shape index (κ1) is 31.9. The van der Waals surface area contributed by atoms with Gasteiger partial charge in [0.15, 0.2) is 15.7 Å². The number of anilines is 1. The van der Waals surface area contributed by atoms with Gasteiger partial charge in [0.05, 0.1) is 23.4 Å². The highest BCUT2D eigenvalue weighted by molar-refractivity contribution is 7.91. The number of aliphatic hydroxyl groups excluding tert-OH is 1. The van der Waals surface area contributed by atoms with E-state index >= 15 is 0 Å². The zero-order chi connectivity index (χ0) is 30.2. The highest BCUT2D eigenvalue weighted by Crippen LogP contribution is 2.50. The number of rotatable bonds is 15. The Morgan fingerprint density at radius 1 is 1.00 bits per heavy atom. The molecule has 2 atom stereocenters. The third kappa shape index (κ3) is 7.50. The number of nitrogens with zero attached hydrogens (tertiary/aromatic N) is 4. The topological polar surface area (TPSA) is 121 Å². The van der Waals surface area contributed by atoms with E-state index in [2.05, 4.69) is 34.5 Å². The summed E-state index contributed by atoms with van der Waals surface area (Å²) >= 11 is 0. The number of aromatic amines is 1. The molecule has 1 unspecified atom stereocenters. The predicted octanol–water partition coefficient (Wildman–Crippen LogP) is 5.70. The van der Waals surface area contributed by atoms with Gasteiger partial charge in [0.25, 0.3) is 0 Å². The fourth-order valence-electron chi connectivity index (χ4n) is 6.20. The molecule has 2 N–H and O–H groups in total. The van der Waals surface area contributed by atoms with Crippen molar-refractivity contribution >= 4 is 15.5 Å². The van der Waals surface area contributed by atoms with Crippen LogP contribution in [-0.4, -0.2) is 66.7 Å². The van der Waals surface area contributed by atoms with E-state index in [1.165, 1.54) is 0 Å². The van der Waals surface area contributed by atoms with Crippen LogP contribution in [0.15, 0.2) is 47.4 Å². The Labute approximate surface area is 251 Å². The van der Waals surface area contributed by atoms with E-state index in [-0.39, 0.29) is 5.75 Å². The van der Waals surface area contributed by atoms with Crippen molar-refractivity contribution < 1.29 is 18.3 Å². The summed E-state index contributed by atoms with van der Waals surface area (Å²) in [7, 11) is 0.272. The second-order valence-electron chi connectivity index (χ2n) is 11.9. The number of benzene rings is 2. The van der Waals surface area contributed by atoms with Gasteiger partial charge in [-0.15, -0.1) is 10.2 Å². The molecule has 2 heterocycles. The van der Waals surface area contributed by atoms with Crippen LogP contribution in [0.2, 0.25) is 0 Å². The monoisotopic (exact) mass is 597 g/mol. The second-order valence-corrected chi connectivity index (χ2v) is 13.9. The standard InChI is InChI=1S/C32H47N5O4S/c1-5-7-19-32(20-8-6-2)23-42(39,40)28-18-15-25(37(3)4)22-27(28)30(31(32)38)24-13-16-26(17-14-24)41-21-11-9-10-12-29-33-35-36-34-29/h13-18,22,30-31,38H,5-12,19-21,23H2,1-4H3,(H,33,34,35,36)/t30-,31?/m1/s1. The lowest BCUT2D eigenvalue weighted by atomic mass is 9.68. The minimum Gasteiger partial charge on any atom is -0.494 e. The molecular formula is C32H47N5O4S. The molecule has 0 aliphatic carbocycles. The maximum Gasteiger partial charge on any atom is 0.179 e. The van der Waals surface area contributed by atoms with Gasteiger partial charge in [-0.2, -0.15) is 5.21 Å². The van der Waals surface area contributed by atoms with E-state index in [0.29, 0.717) is 29.9 Å². The van der Waals surface area contributed by atoms with Gasteiger partial charge in [0.2, 0.25) is 0 Å². The Hall–Kier alpha value is -2.98. The summed E-state index contributed by atoms with van der Waals surface area (Å²) in [6, 6.07) is 13.4. The number of hydrogen-bond donors (Lipinski definition) is 2. The van der Waals surface area contributed by atoms with E-state index < -0.39 is 27.3 Å². The van der Waals surface area contributed by atoms with Gasteiger partial charge in [0.1, 0.15) is 5.75 Å². The summed E-state index contributed by atoms with van der Waals surface area (Å²) in [4.78, 5) is 2.31. The van der Waals surface area contributed by atoms with Crippen molar-refractivity contribution in [3.05, 3.63) is 59.4 Å². The molecule has 9 nitrogen and oxygen atoms in total. The van der Waals surface area contributed by atoms with Crippen LogP contribution in [0.5, 0.6) is 5.75 Å². The van der Waals surface area contributed by atoms with E-state index in [1.54, 1.807) is 6.07 Å². The Balaban J connectivity index is 1.61. The third-order valence-electron chi connectivity index (χ3n) is 8.60. The number of hydrogen-bond acceptors (Lipinski definition) is 8. The van der Waals surface area contributed by atoms with Crippen LogP contribution in [0.25, 0.3) is 0 Å². The maximum atomic E-state index is 14.0. The van der Waals surface area contributed by atoms with Crippen LogP contribution in [0.1, 0.15) is 94.5 Å².